The SMILES string of the molecule is [Cl][Pu]([Cl])([Cl])[Cl]. The molecule has 0 aromatic carbocycles. The van der Waals surface area contributed by atoms with E-state index in [1.54, 1.807) is 0 Å². The van der Waals surface area contributed by atoms with Crippen molar-refractivity contribution in [3.8, 4) is 0 Å². The summed E-state index contributed by atoms with van der Waals surface area (Å²) < 4.78 is 0. The van der Waals surface area contributed by atoms with Crippen molar-refractivity contribution in [2.75, 3.05) is 0 Å². The maximum atomic E-state index is 5.05. The topological polar surface area (TPSA) is 0 Å². The van der Waals surface area contributed by atoms with Crippen molar-refractivity contribution < 1.29 is 17.6 Å². The molecule has 0 heterocycles. The quantitative estimate of drug-likeness (QED) is 0.601. The van der Waals surface area contributed by atoms with Gasteiger partial charge in [-0.1, -0.05) is 0 Å². The van der Waals surface area contributed by atoms with Gasteiger partial charge in [-0.3, -0.25) is 0 Å². The molecule has 5 heteroatoms. The number of hydrogen-bond donors (Lipinski definition) is 0. The van der Waals surface area contributed by atoms with Crippen molar-refractivity contribution in [1.82, 2.24) is 0 Å². The molecular weight excluding hydrogens is 386 g/mol. The van der Waals surface area contributed by atoms with Crippen molar-refractivity contribution in [2.45, 2.75) is 0 Å². The monoisotopic (exact) mass is 378 g/mol. The Kier molecular flexibility index (Phi) is 3.51. The first-order chi connectivity index (χ1) is 2.00. The normalized spacial score (nSPS) is 12.0. The Morgan fingerprint density at radius 3 is 0.800 bits per heavy atom. The Morgan fingerprint density at radius 1 is 0.800 bits per heavy atom. The van der Waals surface area contributed by atoms with Gasteiger partial charge in [0.15, 0.2) is 0 Å². The molecule has 0 rings (SSSR count). The molecule has 0 unspecified atom stereocenters. The second-order valence-electron chi connectivity index (χ2n) is 0.350. The van der Waals surface area contributed by atoms with Crippen LogP contribution in [0.4, 0.5) is 0 Å². The van der Waals surface area contributed by atoms with E-state index in [0.717, 1.165) is 0 Å². The minimum atomic E-state index is -3.37. The van der Waals surface area contributed by atoms with Crippen molar-refractivity contribution >= 4 is 31.9 Å². The summed E-state index contributed by atoms with van der Waals surface area (Å²) in [6, 6.07) is 0. The number of hydrogen-bond acceptors (Lipinski definition) is 0. The Labute approximate surface area is 48.8 Å². The van der Waals surface area contributed by atoms with Crippen LogP contribution in [0.1, 0.15) is 0 Å². The molecule has 0 fully saturated rings. The zero-order valence-corrected chi connectivity index (χ0v) is 8.34. The van der Waals surface area contributed by atoms with Crippen LogP contribution in [-0.4, -0.2) is 0 Å². The summed E-state index contributed by atoms with van der Waals surface area (Å²) in [6.45, 7) is 0. The second kappa shape index (κ2) is 2.45. The fraction of sp³-hybridized carbons (Fsp3) is 0. The van der Waals surface area contributed by atoms with Crippen molar-refractivity contribution in [3.05, 3.63) is 0 Å². The van der Waals surface area contributed by atoms with Gasteiger partial charge in [0.05, 0.1) is 0 Å². The maximum absolute atomic E-state index is 5.05. The average Bonchev–Trinajstić information content (AvgIpc) is 0.722. The third kappa shape index (κ3) is 22.9. The van der Waals surface area contributed by atoms with E-state index in [2.05, 4.69) is 0 Å². The molecule has 0 saturated carbocycles. The molecule has 0 aromatic rings. The first-order valence-corrected chi connectivity index (χ1v) is 17.3. The van der Waals surface area contributed by atoms with Crippen molar-refractivity contribution in [1.29, 1.82) is 0 Å². The van der Waals surface area contributed by atoms with E-state index in [1.807, 2.05) is 0 Å². The molecule has 0 aromatic heterocycles. The molecule has 0 saturated heterocycles. The van der Waals surface area contributed by atoms with E-state index in [0.29, 0.717) is 0 Å². The number of halogens is 4. The molecule has 0 bridgehead atoms. The molecule has 0 radical (unpaired) electrons. The van der Waals surface area contributed by atoms with Crippen LogP contribution in [0.3, 0.4) is 0 Å². The molecule has 0 amide bonds. The van der Waals surface area contributed by atoms with E-state index in [1.165, 1.54) is 0 Å². The molecule has 0 nitrogen and oxygen atoms in total. The predicted octanol–water partition coefficient (Wildman–Crippen LogP) is 2.76. The van der Waals surface area contributed by atoms with Gasteiger partial charge in [-0.05, 0) is 0 Å². The van der Waals surface area contributed by atoms with Gasteiger partial charge in [0.2, 0.25) is 0 Å². The van der Waals surface area contributed by atoms with Crippen LogP contribution in [0.25, 0.3) is 0 Å². The molecule has 0 atom stereocenters. The van der Waals surface area contributed by atoms with Gasteiger partial charge in [0.25, 0.3) is 0 Å². The number of rotatable bonds is 0. The van der Waals surface area contributed by atoms with Gasteiger partial charge < -0.3 is 0 Å². The summed E-state index contributed by atoms with van der Waals surface area (Å²) in [4.78, 5) is 0. The summed E-state index contributed by atoms with van der Waals surface area (Å²) in [5.74, 6) is 0. The zero-order chi connectivity index (χ0) is 4.50. The summed E-state index contributed by atoms with van der Waals surface area (Å²) in [7, 11) is 20.2. The third-order valence-corrected chi connectivity index (χ3v) is 0. The fourth-order valence-electron chi connectivity index (χ4n) is 0. The van der Waals surface area contributed by atoms with Gasteiger partial charge in [-0.25, -0.2) is 0 Å². The summed E-state index contributed by atoms with van der Waals surface area (Å²) in [5, 5.41) is 0. The van der Waals surface area contributed by atoms with Gasteiger partial charge in [-0.2, -0.15) is 0 Å². The van der Waals surface area contributed by atoms with Crippen LogP contribution in [-0.2, 0) is 0 Å². The average molecular weight is 386 g/mol. The van der Waals surface area contributed by atoms with Crippen molar-refractivity contribution in [3.63, 3.8) is 0 Å². The molecule has 0 aliphatic carbocycles. The predicted molar refractivity (Wildman–Crippen MR) is 23.4 cm³/mol. The van der Waals surface area contributed by atoms with Gasteiger partial charge in [-0.15, -0.1) is 0 Å². The minimum absolute atomic E-state index is 3.37. The van der Waals surface area contributed by atoms with Crippen molar-refractivity contribution in [2.24, 2.45) is 0 Å². The van der Waals surface area contributed by atoms with Crippen LogP contribution in [0.15, 0.2) is 0 Å². The van der Waals surface area contributed by atoms with E-state index < -0.39 is 17.6 Å². The van der Waals surface area contributed by atoms with E-state index in [-0.39, 0.29) is 0 Å². The van der Waals surface area contributed by atoms with E-state index >= 15 is 0 Å². The standard InChI is InChI=1S/4ClH.Pu/h4*1H;/q;;;;+4/p-4. The Morgan fingerprint density at radius 2 is 0.800 bits per heavy atom. The second-order valence-corrected chi connectivity index (χ2v) is 29.4. The van der Waals surface area contributed by atoms with Gasteiger partial charge in [0, 0.05) is 0 Å². The van der Waals surface area contributed by atoms with Crippen LogP contribution >= 0.6 is 31.9 Å². The van der Waals surface area contributed by atoms with Crippen LogP contribution in [0.2, 0.25) is 0 Å². The summed E-state index contributed by atoms with van der Waals surface area (Å²) >= 11 is -3.37. The Hall–Kier alpha value is 2.15. The fourth-order valence-corrected chi connectivity index (χ4v) is 0. The first-order valence-electron chi connectivity index (χ1n) is 0.617. The summed E-state index contributed by atoms with van der Waals surface area (Å²) in [5.41, 5.74) is 0. The molecule has 5 heavy (non-hydrogen) atoms. The molecule has 0 N–H and O–H groups in total. The van der Waals surface area contributed by atoms with Gasteiger partial charge >= 0.3 is 49.5 Å². The van der Waals surface area contributed by atoms with Crippen LogP contribution in [0.5, 0.6) is 0 Å². The molecule has 0 aliphatic heterocycles. The van der Waals surface area contributed by atoms with E-state index in [9.17, 15) is 0 Å². The molecule has 34 valence electrons. The zero-order valence-electron chi connectivity index (χ0n) is 1.92. The van der Waals surface area contributed by atoms with Crippen LogP contribution in [0, 0.1) is 17.6 Å². The molecule has 0 aliphatic rings. The van der Waals surface area contributed by atoms with Crippen LogP contribution < -0.4 is 0 Å². The molecular formula is Cl4Pu. The third-order valence-electron chi connectivity index (χ3n) is 0. The van der Waals surface area contributed by atoms with Gasteiger partial charge in [0.1, 0.15) is 0 Å². The first kappa shape index (κ1) is 7.15. The van der Waals surface area contributed by atoms with E-state index in [4.69, 9.17) is 31.9 Å². The Bertz CT molecular complexity index is 19.1. The molecule has 0 spiro atoms. The summed E-state index contributed by atoms with van der Waals surface area (Å²) in [6.07, 6.45) is 0. The Balaban J connectivity index is 3.02.